The van der Waals surface area contributed by atoms with Crippen LogP contribution in [0.1, 0.15) is 35.6 Å². The van der Waals surface area contributed by atoms with E-state index in [0.717, 1.165) is 5.56 Å². The van der Waals surface area contributed by atoms with Crippen molar-refractivity contribution >= 4 is 17.5 Å². The fraction of sp³-hybridized carbons (Fsp3) is 0.429. The van der Waals surface area contributed by atoms with Crippen LogP contribution in [0.2, 0.25) is 0 Å². The van der Waals surface area contributed by atoms with Crippen LogP contribution in [0.3, 0.4) is 0 Å². The molecular formula is C21H24F3N7O. The van der Waals surface area contributed by atoms with E-state index in [0.29, 0.717) is 18.9 Å². The van der Waals surface area contributed by atoms with Gasteiger partial charge in [0.05, 0.1) is 0 Å². The van der Waals surface area contributed by atoms with E-state index in [1.54, 1.807) is 31.0 Å². The lowest BCUT2D eigenvalue weighted by atomic mass is 9.86. The number of aromatic nitrogens is 2. The highest BCUT2D eigenvalue weighted by atomic mass is 19.4. The molecule has 1 aliphatic heterocycles. The van der Waals surface area contributed by atoms with E-state index in [2.05, 4.69) is 20.6 Å². The van der Waals surface area contributed by atoms with Crippen LogP contribution >= 0.6 is 0 Å². The Balaban J connectivity index is 1.79. The first-order valence-corrected chi connectivity index (χ1v) is 10.00. The number of aryl methyl sites for hydroxylation is 1. The Bertz CT molecular complexity index is 1010. The van der Waals surface area contributed by atoms with Crippen molar-refractivity contribution in [2.24, 2.45) is 0 Å². The number of carbonyl (C=O) groups excluding carboxylic acids is 1. The first-order chi connectivity index (χ1) is 15.1. The predicted molar refractivity (Wildman–Crippen MR) is 113 cm³/mol. The molecule has 2 heterocycles. The molecule has 3 rings (SSSR count). The number of hydrogen-bond donors (Lipinski definition) is 3. The summed E-state index contributed by atoms with van der Waals surface area (Å²) in [5.41, 5.74) is 5.46. The third kappa shape index (κ3) is 4.60. The number of hydrogen-bond acceptors (Lipinski definition) is 7. The number of carbonyl (C=O) groups is 1. The molecule has 0 aliphatic carbocycles. The standard InChI is InChI=1S/C21H24F3N7O/c1-13-3-5-14(6-4-13)16(21(22,23)24)30-19(32)20(27-2)7-9-31(10-8-20)18-15(11-25)17(26)28-12-29-18/h3-6,12,16,27H,7-10H2,1-2H3,(H,30,32)(H2,26,28,29)/t16-/m1/s1. The molecule has 0 bridgehead atoms. The molecule has 1 amide bonds. The number of nitrogens with two attached hydrogens (primary N) is 1. The Morgan fingerprint density at radius 2 is 1.88 bits per heavy atom. The Labute approximate surface area is 183 Å². The molecule has 1 fully saturated rings. The van der Waals surface area contributed by atoms with Gasteiger partial charge in [-0.25, -0.2) is 9.97 Å². The fourth-order valence-corrected chi connectivity index (χ4v) is 3.81. The van der Waals surface area contributed by atoms with Crippen LogP contribution in [0, 0.1) is 18.3 Å². The molecular weight excluding hydrogens is 423 g/mol. The number of benzene rings is 1. The summed E-state index contributed by atoms with van der Waals surface area (Å²) in [6, 6.07) is 5.74. The monoisotopic (exact) mass is 447 g/mol. The minimum absolute atomic E-state index is 0.0322. The number of amides is 1. The molecule has 2 aromatic rings. The summed E-state index contributed by atoms with van der Waals surface area (Å²) in [7, 11) is 1.55. The SMILES string of the molecule is CNC1(C(=O)N[C@H](c2ccc(C)cc2)C(F)(F)F)CCN(c2ncnc(N)c2C#N)CC1. The van der Waals surface area contributed by atoms with Crippen molar-refractivity contribution in [1.82, 2.24) is 20.6 Å². The summed E-state index contributed by atoms with van der Waals surface area (Å²) < 4.78 is 41.3. The number of alkyl halides is 3. The van der Waals surface area contributed by atoms with Crippen LogP contribution in [0.5, 0.6) is 0 Å². The summed E-state index contributed by atoms with van der Waals surface area (Å²) in [5, 5.41) is 14.5. The van der Waals surface area contributed by atoms with Crippen LogP contribution in [0.15, 0.2) is 30.6 Å². The first kappa shape index (κ1) is 23.3. The predicted octanol–water partition coefficient (Wildman–Crippen LogP) is 2.22. The molecule has 1 saturated heterocycles. The van der Waals surface area contributed by atoms with Crippen LogP contribution in [0.4, 0.5) is 24.8 Å². The summed E-state index contributed by atoms with van der Waals surface area (Å²) in [5.74, 6) is -0.338. The molecule has 0 spiro atoms. The van der Waals surface area contributed by atoms with Gasteiger partial charge in [-0.15, -0.1) is 0 Å². The van der Waals surface area contributed by atoms with Gasteiger partial charge in [0, 0.05) is 13.1 Å². The molecule has 1 aliphatic rings. The second-order valence-electron chi connectivity index (χ2n) is 7.75. The van der Waals surface area contributed by atoms with Gasteiger partial charge in [-0.1, -0.05) is 29.8 Å². The Kier molecular flexibility index (Phi) is 6.55. The summed E-state index contributed by atoms with van der Waals surface area (Å²) in [6.07, 6.45) is -2.99. The molecule has 0 unspecified atom stereocenters. The largest absolute Gasteiger partial charge is 0.412 e. The topological polar surface area (TPSA) is 120 Å². The third-order valence-corrected chi connectivity index (χ3v) is 5.81. The molecule has 8 nitrogen and oxygen atoms in total. The number of nitrogens with zero attached hydrogens (tertiary/aromatic N) is 4. The van der Waals surface area contributed by atoms with Crippen LogP contribution in [-0.4, -0.2) is 47.7 Å². The maximum Gasteiger partial charge on any atom is 0.412 e. The number of nitriles is 1. The summed E-state index contributed by atoms with van der Waals surface area (Å²) in [6.45, 7) is 2.36. The van der Waals surface area contributed by atoms with Gasteiger partial charge in [-0.3, -0.25) is 4.79 Å². The second-order valence-corrected chi connectivity index (χ2v) is 7.75. The Morgan fingerprint density at radius 1 is 1.25 bits per heavy atom. The number of piperidine rings is 1. The highest BCUT2D eigenvalue weighted by Crippen LogP contribution is 2.35. The van der Waals surface area contributed by atoms with Gasteiger partial charge in [-0.2, -0.15) is 18.4 Å². The van der Waals surface area contributed by atoms with Gasteiger partial charge < -0.3 is 21.3 Å². The van der Waals surface area contributed by atoms with Crippen molar-refractivity contribution < 1.29 is 18.0 Å². The van der Waals surface area contributed by atoms with Gasteiger partial charge in [0.1, 0.15) is 29.3 Å². The highest BCUT2D eigenvalue weighted by molar-refractivity contribution is 5.87. The van der Waals surface area contributed by atoms with E-state index < -0.39 is 23.7 Å². The van der Waals surface area contributed by atoms with Crippen LogP contribution in [0.25, 0.3) is 0 Å². The zero-order valence-corrected chi connectivity index (χ0v) is 17.7. The lowest BCUT2D eigenvalue weighted by molar-refractivity contribution is -0.165. The van der Waals surface area contributed by atoms with Gasteiger partial charge in [0.25, 0.3) is 0 Å². The molecule has 1 aromatic carbocycles. The number of nitrogen functional groups attached to an aromatic ring is 1. The molecule has 0 saturated carbocycles. The zero-order chi connectivity index (χ0) is 23.5. The number of nitrogens with one attached hydrogen (secondary N) is 2. The zero-order valence-electron chi connectivity index (χ0n) is 17.7. The van der Waals surface area contributed by atoms with E-state index in [1.807, 2.05) is 6.07 Å². The van der Waals surface area contributed by atoms with Gasteiger partial charge >= 0.3 is 6.18 Å². The molecule has 4 N–H and O–H groups in total. The summed E-state index contributed by atoms with van der Waals surface area (Å²) >= 11 is 0. The number of halogens is 3. The quantitative estimate of drug-likeness (QED) is 0.643. The van der Waals surface area contributed by atoms with Crippen molar-refractivity contribution in [3.8, 4) is 6.07 Å². The molecule has 32 heavy (non-hydrogen) atoms. The van der Waals surface area contributed by atoms with E-state index in [4.69, 9.17) is 5.73 Å². The number of rotatable bonds is 5. The van der Waals surface area contributed by atoms with Crippen molar-refractivity contribution in [3.63, 3.8) is 0 Å². The molecule has 0 radical (unpaired) electrons. The first-order valence-electron chi connectivity index (χ1n) is 10.00. The lowest BCUT2D eigenvalue weighted by Crippen LogP contribution is -2.62. The summed E-state index contributed by atoms with van der Waals surface area (Å²) in [4.78, 5) is 22.8. The molecule has 170 valence electrons. The minimum atomic E-state index is -4.65. The highest BCUT2D eigenvalue weighted by Gasteiger charge is 2.47. The molecule has 11 heteroatoms. The van der Waals surface area contributed by atoms with Crippen LogP contribution in [-0.2, 0) is 4.79 Å². The van der Waals surface area contributed by atoms with Crippen LogP contribution < -0.4 is 21.3 Å². The van der Waals surface area contributed by atoms with Gasteiger partial charge in [0.2, 0.25) is 5.91 Å². The van der Waals surface area contributed by atoms with Crippen molar-refractivity contribution in [3.05, 3.63) is 47.3 Å². The maximum absolute atomic E-state index is 13.8. The van der Waals surface area contributed by atoms with E-state index in [9.17, 15) is 23.2 Å². The normalized spacial score (nSPS) is 16.8. The Morgan fingerprint density at radius 3 is 2.41 bits per heavy atom. The number of likely N-dealkylation sites (N-methyl/N-ethyl adjacent to an activating group) is 1. The van der Waals surface area contributed by atoms with E-state index in [1.165, 1.54) is 18.5 Å². The van der Waals surface area contributed by atoms with Crippen molar-refractivity contribution in [2.75, 3.05) is 30.8 Å². The molecule has 1 aromatic heterocycles. The minimum Gasteiger partial charge on any atom is -0.382 e. The average molecular weight is 447 g/mol. The van der Waals surface area contributed by atoms with E-state index in [-0.39, 0.29) is 29.8 Å². The maximum atomic E-state index is 13.8. The number of anilines is 2. The Hall–Kier alpha value is -3.39. The fourth-order valence-electron chi connectivity index (χ4n) is 3.81. The average Bonchev–Trinajstić information content (AvgIpc) is 2.77. The third-order valence-electron chi connectivity index (χ3n) is 5.81. The van der Waals surface area contributed by atoms with Crippen molar-refractivity contribution in [1.29, 1.82) is 5.26 Å². The van der Waals surface area contributed by atoms with Gasteiger partial charge in [-0.05, 0) is 32.4 Å². The van der Waals surface area contributed by atoms with Crippen molar-refractivity contribution in [2.45, 2.75) is 37.5 Å². The van der Waals surface area contributed by atoms with Gasteiger partial charge in [0.15, 0.2) is 11.9 Å². The lowest BCUT2D eigenvalue weighted by Gasteiger charge is -2.41. The second kappa shape index (κ2) is 9.00. The smallest absolute Gasteiger partial charge is 0.382 e. The molecule has 1 atom stereocenters. The van der Waals surface area contributed by atoms with E-state index >= 15 is 0 Å².